The number of carbonyl (C=O) groups excluding carboxylic acids is 2. The van der Waals surface area contributed by atoms with Gasteiger partial charge in [-0.1, -0.05) is 50.1 Å². The van der Waals surface area contributed by atoms with Crippen LogP contribution in [0, 0.1) is 29.4 Å². The lowest BCUT2D eigenvalue weighted by Crippen LogP contribution is -2.60. The van der Waals surface area contributed by atoms with E-state index in [1.54, 1.807) is 11.1 Å². The number of nitrogens with one attached hydrogen (secondary N) is 2. The first-order valence-electron chi connectivity index (χ1n) is 16.5. The second kappa shape index (κ2) is 14.4. The first-order valence-corrected chi connectivity index (χ1v) is 16.5. The van der Waals surface area contributed by atoms with Gasteiger partial charge in [0.05, 0.1) is 17.7 Å². The molecule has 0 spiro atoms. The quantitative estimate of drug-likeness (QED) is 0.275. The number of amides is 2. The van der Waals surface area contributed by atoms with Gasteiger partial charge in [-0.2, -0.15) is 0 Å². The summed E-state index contributed by atoms with van der Waals surface area (Å²) >= 11 is 0. The van der Waals surface area contributed by atoms with Gasteiger partial charge >= 0.3 is 0 Å². The monoisotopic (exact) mass is 635 g/mol. The van der Waals surface area contributed by atoms with Crippen LogP contribution in [0.1, 0.15) is 56.5 Å². The van der Waals surface area contributed by atoms with Crippen molar-refractivity contribution in [3.8, 4) is 11.3 Å². The number of likely N-dealkylation sites (tertiary alicyclic amines) is 1. The van der Waals surface area contributed by atoms with Crippen molar-refractivity contribution in [2.75, 3.05) is 32.8 Å². The second-order valence-corrected chi connectivity index (χ2v) is 12.8. The number of rotatable bonds is 11. The number of halogens is 2. The predicted octanol–water partition coefficient (Wildman–Crippen LogP) is 4.06. The predicted molar refractivity (Wildman–Crippen MR) is 168 cm³/mol. The van der Waals surface area contributed by atoms with Crippen LogP contribution < -0.4 is 10.6 Å². The number of imidazole rings is 1. The number of ether oxygens (including phenoxy) is 1. The number of unbranched alkanes of at least 4 members (excludes halogenated alkanes) is 2. The summed E-state index contributed by atoms with van der Waals surface area (Å²) in [6.45, 7) is 4.73. The van der Waals surface area contributed by atoms with Crippen molar-refractivity contribution in [2.24, 2.45) is 17.8 Å². The molecular weight excluding hydrogens is 592 g/mol. The van der Waals surface area contributed by atoms with Crippen LogP contribution in [0.5, 0.6) is 0 Å². The van der Waals surface area contributed by atoms with Gasteiger partial charge in [-0.25, -0.2) is 13.8 Å². The number of aliphatic hydroxyl groups is 1. The highest BCUT2D eigenvalue weighted by Crippen LogP contribution is 2.41. The van der Waals surface area contributed by atoms with E-state index in [0.29, 0.717) is 51.5 Å². The maximum Gasteiger partial charge on any atom is 0.253 e. The van der Waals surface area contributed by atoms with Crippen LogP contribution in [-0.2, 0) is 20.9 Å². The van der Waals surface area contributed by atoms with Gasteiger partial charge < -0.3 is 29.9 Å². The minimum absolute atomic E-state index is 0.0312. The molecule has 3 aromatic rings. The Morgan fingerprint density at radius 1 is 1.15 bits per heavy atom. The zero-order chi connectivity index (χ0) is 32.2. The fourth-order valence-corrected chi connectivity index (χ4v) is 7.33. The first-order chi connectivity index (χ1) is 22.4. The molecule has 1 aromatic heterocycles. The number of piperidine rings is 1. The lowest BCUT2D eigenvalue weighted by molar-refractivity contribution is -0.155. The maximum absolute atomic E-state index is 15.1. The highest BCUT2D eigenvalue weighted by atomic mass is 19.1. The normalized spacial score (nSPS) is 24.2. The summed E-state index contributed by atoms with van der Waals surface area (Å²) in [5, 5.41) is 17.7. The van der Waals surface area contributed by atoms with Crippen molar-refractivity contribution < 1.29 is 28.2 Å². The number of aliphatic hydroxyl groups excluding tert-OH is 1. The van der Waals surface area contributed by atoms with Gasteiger partial charge in [-0.15, -0.1) is 0 Å². The van der Waals surface area contributed by atoms with Crippen molar-refractivity contribution in [1.29, 1.82) is 0 Å². The fourth-order valence-electron chi connectivity index (χ4n) is 7.33. The van der Waals surface area contributed by atoms with Gasteiger partial charge in [0, 0.05) is 63.1 Å². The van der Waals surface area contributed by atoms with Crippen LogP contribution in [0.15, 0.2) is 54.7 Å². The van der Waals surface area contributed by atoms with Crippen LogP contribution in [0.3, 0.4) is 0 Å². The van der Waals surface area contributed by atoms with E-state index < -0.39 is 41.6 Å². The number of benzene rings is 2. The Bertz CT molecular complexity index is 1510. The van der Waals surface area contributed by atoms with Crippen LogP contribution in [0.2, 0.25) is 0 Å². The zero-order valence-corrected chi connectivity index (χ0v) is 26.2. The molecule has 6 rings (SSSR count). The number of hydrogen-bond acceptors (Lipinski definition) is 6. The lowest BCUT2D eigenvalue weighted by Gasteiger charge is -2.45. The molecule has 2 amide bonds. The highest BCUT2D eigenvalue weighted by molar-refractivity contribution is 5.85. The van der Waals surface area contributed by atoms with Crippen LogP contribution in [0.25, 0.3) is 11.3 Å². The average molecular weight is 636 g/mol. The van der Waals surface area contributed by atoms with Gasteiger partial charge in [0.25, 0.3) is 5.91 Å². The Balaban J connectivity index is 1.39. The van der Waals surface area contributed by atoms with Crippen molar-refractivity contribution in [1.82, 2.24) is 25.1 Å². The van der Waals surface area contributed by atoms with Gasteiger partial charge in [0.1, 0.15) is 23.6 Å². The van der Waals surface area contributed by atoms with Gasteiger partial charge in [-0.3, -0.25) is 9.59 Å². The molecule has 3 saturated heterocycles. The molecule has 0 radical (unpaired) electrons. The molecule has 5 atom stereocenters. The molecule has 3 N–H and O–H groups in total. The van der Waals surface area contributed by atoms with E-state index in [2.05, 4.69) is 17.6 Å². The number of nitrogens with zero attached hydrogens (tertiary/aromatic N) is 3. The van der Waals surface area contributed by atoms with E-state index in [4.69, 9.17) is 9.72 Å². The number of fused-ring (bicyclic) bond motifs is 1. The molecule has 46 heavy (non-hydrogen) atoms. The van der Waals surface area contributed by atoms with Crippen molar-refractivity contribution in [3.63, 3.8) is 0 Å². The van der Waals surface area contributed by atoms with Gasteiger partial charge in [-0.05, 0) is 48.9 Å². The first kappa shape index (κ1) is 32.3. The highest BCUT2D eigenvalue weighted by Gasteiger charge is 2.53. The molecule has 1 unspecified atom stereocenters. The molecule has 2 aromatic carbocycles. The Morgan fingerprint density at radius 2 is 1.93 bits per heavy atom. The molecule has 0 aliphatic carbocycles. The van der Waals surface area contributed by atoms with Gasteiger partial charge in [0.2, 0.25) is 5.91 Å². The minimum Gasteiger partial charge on any atom is -0.382 e. The van der Waals surface area contributed by atoms with Crippen LogP contribution >= 0.6 is 0 Å². The summed E-state index contributed by atoms with van der Waals surface area (Å²) in [7, 11) is 0. The Labute approximate surface area is 268 Å². The SMILES string of the molecule is CCCCCNC(=O)[C@@H]1CNC2[C@H](O)C(=O)N([C@@H](c3nc(-c4cc(F)ccc4F)cn3Cc3ccccc3)C3CCOCC3)C[C@H]21. The summed E-state index contributed by atoms with van der Waals surface area (Å²) in [6.07, 6.45) is 4.66. The van der Waals surface area contributed by atoms with Crippen molar-refractivity contribution in [3.05, 3.63) is 77.8 Å². The van der Waals surface area contributed by atoms with Crippen molar-refractivity contribution in [2.45, 2.75) is 63.8 Å². The van der Waals surface area contributed by atoms with E-state index in [9.17, 15) is 19.1 Å². The second-order valence-electron chi connectivity index (χ2n) is 12.8. The summed E-state index contributed by atoms with van der Waals surface area (Å²) in [5.41, 5.74) is 1.27. The van der Waals surface area contributed by atoms with E-state index in [-0.39, 0.29) is 35.5 Å². The maximum atomic E-state index is 15.1. The minimum atomic E-state index is -1.34. The zero-order valence-electron chi connectivity index (χ0n) is 26.2. The molecule has 9 nitrogen and oxygen atoms in total. The van der Waals surface area contributed by atoms with E-state index >= 15 is 4.39 Å². The molecule has 4 heterocycles. The summed E-state index contributed by atoms with van der Waals surface area (Å²) in [5.74, 6) is -1.94. The summed E-state index contributed by atoms with van der Waals surface area (Å²) in [6, 6.07) is 11.9. The van der Waals surface area contributed by atoms with Crippen LogP contribution in [-0.4, -0.2) is 76.4 Å². The van der Waals surface area contributed by atoms with Gasteiger partial charge in [0.15, 0.2) is 0 Å². The third-order valence-electron chi connectivity index (χ3n) is 9.77. The molecule has 246 valence electrons. The third kappa shape index (κ3) is 6.72. The Morgan fingerprint density at radius 3 is 2.70 bits per heavy atom. The molecule has 0 saturated carbocycles. The van der Waals surface area contributed by atoms with Crippen molar-refractivity contribution >= 4 is 11.8 Å². The molecule has 3 aliphatic rings. The number of carbonyl (C=O) groups is 2. The smallest absolute Gasteiger partial charge is 0.253 e. The molecule has 3 aliphatic heterocycles. The molecule has 0 bridgehead atoms. The molecular formula is C35H43F2N5O4. The van der Waals surface area contributed by atoms with E-state index in [1.165, 1.54) is 0 Å². The Hall–Kier alpha value is -3.67. The third-order valence-corrected chi connectivity index (χ3v) is 9.77. The summed E-state index contributed by atoms with van der Waals surface area (Å²) in [4.78, 5) is 34.0. The van der Waals surface area contributed by atoms with E-state index in [0.717, 1.165) is 43.0 Å². The van der Waals surface area contributed by atoms with E-state index in [1.807, 2.05) is 34.9 Å². The van der Waals surface area contributed by atoms with Crippen LogP contribution in [0.4, 0.5) is 8.78 Å². The lowest BCUT2D eigenvalue weighted by atomic mass is 9.80. The standard InChI is InChI=1S/C35H43F2N5O4/c1-2-3-7-14-38-34(44)26-18-39-30-27(26)20-42(35(45)32(30)43)31(23-12-15-46-16-13-23)33-40-29(25-17-24(36)10-11-28(25)37)21-41(33)19-22-8-5-4-6-9-22/h4-6,8-11,17,21,23,26-27,30-32,39,43H,2-3,7,12-16,18-20H2,1H3,(H,38,44)/t26-,27+,30?,31-,32+/m1/s1. The Kier molecular flexibility index (Phi) is 10.1. The average Bonchev–Trinajstić information content (AvgIpc) is 3.68. The summed E-state index contributed by atoms with van der Waals surface area (Å²) < 4.78 is 37.0. The molecule has 3 fully saturated rings. The number of aromatic nitrogens is 2. The topological polar surface area (TPSA) is 109 Å². The fraction of sp³-hybridized carbons (Fsp3) is 0.514. The molecule has 11 heteroatoms. The largest absolute Gasteiger partial charge is 0.382 e. The number of hydrogen-bond donors (Lipinski definition) is 3.